The minimum atomic E-state index is -0.445. The molecule has 1 aliphatic heterocycles. The largest absolute Gasteiger partial charge is 0.361 e. The fourth-order valence-electron chi connectivity index (χ4n) is 3.88. The van der Waals surface area contributed by atoms with Crippen LogP contribution in [0.1, 0.15) is 18.4 Å². The topological polar surface area (TPSA) is 111 Å². The van der Waals surface area contributed by atoms with E-state index in [0.29, 0.717) is 12.6 Å². The lowest BCUT2D eigenvalue weighted by Gasteiger charge is -2.21. The number of nitrogens with zero attached hydrogens (tertiary/aromatic N) is 4. The first-order chi connectivity index (χ1) is 13.7. The van der Waals surface area contributed by atoms with Crippen LogP contribution in [-0.4, -0.2) is 38.9 Å². The SMILES string of the molecule is N#CCN1CCCC1Cc1c[nH]c2ccc(Nc3ncccc3[N+](=O)[O-])cc12. The summed E-state index contributed by atoms with van der Waals surface area (Å²) in [6, 6.07) is 11.4. The molecule has 1 aliphatic rings. The number of rotatable bonds is 6. The fraction of sp³-hybridized carbons (Fsp3) is 0.300. The highest BCUT2D eigenvalue weighted by atomic mass is 16.6. The summed E-state index contributed by atoms with van der Waals surface area (Å²) >= 11 is 0. The molecule has 0 amide bonds. The van der Waals surface area contributed by atoms with Crippen molar-refractivity contribution in [1.29, 1.82) is 5.26 Å². The Morgan fingerprint density at radius 2 is 2.32 bits per heavy atom. The first-order valence-electron chi connectivity index (χ1n) is 9.23. The van der Waals surface area contributed by atoms with E-state index in [4.69, 9.17) is 5.26 Å². The Kier molecular flexibility index (Phi) is 4.91. The first kappa shape index (κ1) is 17.9. The molecule has 8 nitrogen and oxygen atoms in total. The third kappa shape index (κ3) is 3.52. The average molecular weight is 376 g/mol. The van der Waals surface area contributed by atoms with Crippen molar-refractivity contribution in [3.05, 3.63) is 58.4 Å². The van der Waals surface area contributed by atoms with Gasteiger partial charge in [0.1, 0.15) is 0 Å². The predicted molar refractivity (Wildman–Crippen MR) is 106 cm³/mol. The van der Waals surface area contributed by atoms with Crippen molar-refractivity contribution in [1.82, 2.24) is 14.9 Å². The highest BCUT2D eigenvalue weighted by Crippen LogP contribution is 2.30. The van der Waals surface area contributed by atoms with Gasteiger partial charge in [0.05, 0.1) is 17.5 Å². The van der Waals surface area contributed by atoms with Crippen LogP contribution in [0.5, 0.6) is 0 Å². The molecule has 8 heteroatoms. The van der Waals surface area contributed by atoms with Gasteiger partial charge in [-0.1, -0.05) is 0 Å². The van der Waals surface area contributed by atoms with Crippen LogP contribution >= 0.6 is 0 Å². The van der Waals surface area contributed by atoms with E-state index in [-0.39, 0.29) is 11.5 Å². The molecule has 0 bridgehead atoms. The zero-order valence-corrected chi connectivity index (χ0v) is 15.3. The molecule has 2 aromatic heterocycles. The number of aromatic nitrogens is 2. The van der Waals surface area contributed by atoms with Crippen LogP contribution in [0.15, 0.2) is 42.7 Å². The number of H-pyrrole nitrogens is 1. The quantitative estimate of drug-likeness (QED) is 0.385. The summed E-state index contributed by atoms with van der Waals surface area (Å²) in [5, 5.41) is 24.4. The number of anilines is 2. The summed E-state index contributed by atoms with van der Waals surface area (Å²) in [5.41, 5.74) is 2.88. The molecule has 2 N–H and O–H groups in total. The van der Waals surface area contributed by atoms with E-state index >= 15 is 0 Å². The van der Waals surface area contributed by atoms with Crippen LogP contribution in [0.25, 0.3) is 10.9 Å². The van der Waals surface area contributed by atoms with Gasteiger partial charge in [-0.15, -0.1) is 0 Å². The van der Waals surface area contributed by atoms with E-state index in [1.807, 2.05) is 24.4 Å². The molecular formula is C20H20N6O2. The number of likely N-dealkylation sites (tertiary alicyclic amines) is 1. The molecule has 0 radical (unpaired) electrons. The van der Waals surface area contributed by atoms with E-state index < -0.39 is 4.92 Å². The Balaban J connectivity index is 1.60. The maximum Gasteiger partial charge on any atom is 0.311 e. The summed E-state index contributed by atoms with van der Waals surface area (Å²) < 4.78 is 0. The first-order valence-corrected chi connectivity index (χ1v) is 9.23. The Morgan fingerprint density at radius 3 is 3.14 bits per heavy atom. The molecule has 142 valence electrons. The molecule has 4 rings (SSSR count). The number of hydrogen-bond donors (Lipinski definition) is 2. The second-order valence-corrected chi connectivity index (χ2v) is 6.96. The van der Waals surface area contributed by atoms with Gasteiger partial charge in [-0.25, -0.2) is 4.98 Å². The number of nitrogens with one attached hydrogen (secondary N) is 2. The summed E-state index contributed by atoms with van der Waals surface area (Å²) in [7, 11) is 0. The Labute approximate surface area is 162 Å². The van der Waals surface area contributed by atoms with Crippen molar-refractivity contribution in [2.45, 2.75) is 25.3 Å². The van der Waals surface area contributed by atoms with E-state index in [1.165, 1.54) is 17.8 Å². The average Bonchev–Trinajstić information content (AvgIpc) is 3.30. The number of fused-ring (bicyclic) bond motifs is 1. The molecule has 28 heavy (non-hydrogen) atoms. The van der Waals surface area contributed by atoms with Gasteiger partial charge >= 0.3 is 5.69 Å². The maximum absolute atomic E-state index is 11.2. The van der Waals surface area contributed by atoms with Gasteiger partial charge in [-0.2, -0.15) is 5.26 Å². The lowest BCUT2D eigenvalue weighted by Crippen LogP contribution is -2.31. The van der Waals surface area contributed by atoms with Crippen LogP contribution in [0.2, 0.25) is 0 Å². The number of nitriles is 1. The van der Waals surface area contributed by atoms with Gasteiger partial charge in [-0.05, 0) is 55.6 Å². The summed E-state index contributed by atoms with van der Waals surface area (Å²) in [5.74, 6) is 0.222. The number of pyridine rings is 1. The molecule has 1 aromatic carbocycles. The van der Waals surface area contributed by atoms with E-state index in [0.717, 1.165) is 42.4 Å². The second kappa shape index (κ2) is 7.66. The van der Waals surface area contributed by atoms with Crippen LogP contribution in [-0.2, 0) is 6.42 Å². The Morgan fingerprint density at radius 1 is 1.43 bits per heavy atom. The summed E-state index contributed by atoms with van der Waals surface area (Å²) in [6.07, 6.45) is 6.62. The minimum absolute atomic E-state index is 0.0602. The van der Waals surface area contributed by atoms with Crippen molar-refractivity contribution in [3.63, 3.8) is 0 Å². The molecule has 1 unspecified atom stereocenters. The normalized spacial score (nSPS) is 16.9. The van der Waals surface area contributed by atoms with Crippen LogP contribution < -0.4 is 5.32 Å². The fourth-order valence-corrected chi connectivity index (χ4v) is 3.88. The van der Waals surface area contributed by atoms with Crippen LogP contribution in [0.3, 0.4) is 0 Å². The highest BCUT2D eigenvalue weighted by molar-refractivity contribution is 5.87. The molecule has 1 saturated heterocycles. The van der Waals surface area contributed by atoms with Gasteiger partial charge in [0.2, 0.25) is 5.82 Å². The molecule has 3 heterocycles. The van der Waals surface area contributed by atoms with Crippen molar-refractivity contribution in [3.8, 4) is 6.07 Å². The second-order valence-electron chi connectivity index (χ2n) is 6.96. The van der Waals surface area contributed by atoms with Gasteiger partial charge in [-0.3, -0.25) is 15.0 Å². The molecule has 0 spiro atoms. The van der Waals surface area contributed by atoms with Gasteiger partial charge in [0.15, 0.2) is 0 Å². The van der Waals surface area contributed by atoms with Gasteiger partial charge in [0.25, 0.3) is 0 Å². The van der Waals surface area contributed by atoms with Crippen LogP contribution in [0.4, 0.5) is 17.2 Å². The lowest BCUT2D eigenvalue weighted by molar-refractivity contribution is -0.384. The van der Waals surface area contributed by atoms with Crippen molar-refractivity contribution < 1.29 is 4.92 Å². The molecule has 0 saturated carbocycles. The summed E-state index contributed by atoms with van der Waals surface area (Å²) in [6.45, 7) is 1.43. The zero-order valence-electron chi connectivity index (χ0n) is 15.3. The minimum Gasteiger partial charge on any atom is -0.361 e. The predicted octanol–water partition coefficient (Wildman–Crippen LogP) is 3.75. The van der Waals surface area contributed by atoms with E-state index in [2.05, 4.69) is 26.3 Å². The molecule has 0 aliphatic carbocycles. The van der Waals surface area contributed by atoms with Gasteiger partial charge in [0, 0.05) is 41.1 Å². The summed E-state index contributed by atoms with van der Waals surface area (Å²) in [4.78, 5) is 20.4. The number of nitro groups is 1. The molecule has 1 atom stereocenters. The van der Waals surface area contributed by atoms with Crippen molar-refractivity contribution in [2.75, 3.05) is 18.4 Å². The monoisotopic (exact) mass is 376 g/mol. The molecular weight excluding hydrogens is 356 g/mol. The highest BCUT2D eigenvalue weighted by Gasteiger charge is 2.25. The Bertz CT molecular complexity index is 1050. The standard InChI is InChI=1S/C20H20N6O2/c21-7-10-25-9-2-3-16(25)11-14-13-23-18-6-5-15(12-17(14)18)24-20-19(26(27)28)4-1-8-22-20/h1,4-6,8,12-13,16,23H,2-3,9-11H2,(H,22,24). The molecule has 1 fully saturated rings. The van der Waals surface area contributed by atoms with Gasteiger partial charge < -0.3 is 10.3 Å². The zero-order chi connectivity index (χ0) is 19.5. The number of benzene rings is 1. The third-order valence-electron chi connectivity index (χ3n) is 5.24. The smallest absolute Gasteiger partial charge is 0.311 e. The molecule has 3 aromatic rings. The van der Waals surface area contributed by atoms with Crippen molar-refractivity contribution >= 4 is 28.1 Å². The van der Waals surface area contributed by atoms with E-state index in [1.54, 1.807) is 6.07 Å². The maximum atomic E-state index is 11.2. The number of hydrogen-bond acceptors (Lipinski definition) is 6. The number of aromatic amines is 1. The lowest BCUT2D eigenvalue weighted by atomic mass is 10.0. The Hall–Kier alpha value is -3.44. The van der Waals surface area contributed by atoms with E-state index in [9.17, 15) is 10.1 Å². The third-order valence-corrected chi connectivity index (χ3v) is 5.24. The van der Waals surface area contributed by atoms with Crippen molar-refractivity contribution in [2.24, 2.45) is 0 Å². The van der Waals surface area contributed by atoms with Crippen LogP contribution in [0, 0.1) is 21.4 Å².